The first-order valence-electron chi connectivity index (χ1n) is 10.9. The summed E-state index contributed by atoms with van der Waals surface area (Å²) in [6, 6.07) is 13.3. The van der Waals surface area contributed by atoms with Gasteiger partial charge in [0.25, 0.3) is 0 Å². The van der Waals surface area contributed by atoms with E-state index in [0.717, 1.165) is 22.4 Å². The zero-order valence-electron chi connectivity index (χ0n) is 18.8. The molecule has 1 N–H and O–H groups in total. The normalized spacial score (nSPS) is 13.2. The number of fused-ring (bicyclic) bond motifs is 1. The minimum atomic E-state index is -0.507. The Bertz CT molecular complexity index is 908. The number of ether oxygens (including phenoxy) is 2. The number of nitrogens with one attached hydrogen (secondary N) is 1. The van der Waals surface area contributed by atoms with Gasteiger partial charge in [-0.2, -0.15) is 0 Å². The smallest absolute Gasteiger partial charge is 0.243 e. The van der Waals surface area contributed by atoms with Crippen molar-refractivity contribution in [3.8, 4) is 11.5 Å². The highest BCUT2D eigenvalue weighted by Crippen LogP contribution is 2.32. The summed E-state index contributed by atoms with van der Waals surface area (Å²) in [6.07, 6.45) is 1.44. The Labute approximate surface area is 184 Å². The van der Waals surface area contributed by atoms with Crippen molar-refractivity contribution in [2.24, 2.45) is 0 Å². The van der Waals surface area contributed by atoms with Gasteiger partial charge in [-0.05, 0) is 56.9 Å². The maximum atomic E-state index is 13.3. The van der Waals surface area contributed by atoms with Crippen LogP contribution in [0.4, 0.5) is 0 Å². The molecule has 0 unspecified atom stereocenters. The highest BCUT2D eigenvalue weighted by molar-refractivity contribution is 5.87. The van der Waals surface area contributed by atoms with E-state index in [0.29, 0.717) is 31.6 Å². The zero-order chi connectivity index (χ0) is 22.4. The molecular formula is C25H32N2O4. The Kier molecular flexibility index (Phi) is 7.55. The van der Waals surface area contributed by atoms with Crippen molar-refractivity contribution in [3.63, 3.8) is 0 Å². The van der Waals surface area contributed by atoms with E-state index >= 15 is 0 Å². The molecule has 1 aliphatic rings. The summed E-state index contributed by atoms with van der Waals surface area (Å²) in [5.41, 5.74) is 3.18. The van der Waals surface area contributed by atoms with Gasteiger partial charge in [0.1, 0.15) is 6.04 Å². The summed E-state index contributed by atoms with van der Waals surface area (Å²) in [5, 5.41) is 2.96. The summed E-state index contributed by atoms with van der Waals surface area (Å²) in [7, 11) is 0. The molecule has 0 saturated carbocycles. The number of aryl methyl sites for hydroxylation is 2. The summed E-state index contributed by atoms with van der Waals surface area (Å²) in [5.74, 6) is 1.29. The summed E-state index contributed by atoms with van der Waals surface area (Å²) in [6.45, 7) is 8.46. The lowest BCUT2D eigenvalue weighted by Crippen LogP contribution is -2.50. The Hall–Kier alpha value is -3.02. The van der Waals surface area contributed by atoms with Crippen LogP contribution in [-0.4, -0.2) is 35.6 Å². The number of benzene rings is 2. The van der Waals surface area contributed by atoms with Gasteiger partial charge in [-0.15, -0.1) is 0 Å². The number of hydrogen-bond donors (Lipinski definition) is 1. The molecule has 2 amide bonds. The molecule has 3 rings (SSSR count). The van der Waals surface area contributed by atoms with Crippen molar-refractivity contribution in [1.29, 1.82) is 0 Å². The fourth-order valence-corrected chi connectivity index (χ4v) is 3.68. The van der Waals surface area contributed by atoms with Gasteiger partial charge >= 0.3 is 0 Å². The molecule has 1 aliphatic heterocycles. The molecule has 6 heteroatoms. The first-order valence-corrected chi connectivity index (χ1v) is 10.9. The van der Waals surface area contributed by atoms with Crippen LogP contribution < -0.4 is 14.8 Å². The number of nitrogens with zero attached hydrogens (tertiary/aromatic N) is 1. The number of rotatable bonds is 9. The Balaban J connectivity index is 1.75. The van der Waals surface area contributed by atoms with Crippen LogP contribution in [0.2, 0.25) is 0 Å². The molecule has 6 nitrogen and oxygen atoms in total. The lowest BCUT2D eigenvalue weighted by atomic mass is 10.0. The van der Waals surface area contributed by atoms with Crippen molar-refractivity contribution < 1.29 is 19.1 Å². The largest absolute Gasteiger partial charge is 0.454 e. The average Bonchev–Trinajstić information content (AvgIpc) is 3.20. The monoisotopic (exact) mass is 424 g/mol. The van der Waals surface area contributed by atoms with Gasteiger partial charge in [0.15, 0.2) is 11.5 Å². The van der Waals surface area contributed by atoms with Crippen LogP contribution in [0.5, 0.6) is 11.5 Å². The number of amides is 2. The van der Waals surface area contributed by atoms with E-state index in [1.807, 2.05) is 70.2 Å². The van der Waals surface area contributed by atoms with Crippen LogP contribution >= 0.6 is 0 Å². The highest BCUT2D eigenvalue weighted by Gasteiger charge is 2.28. The van der Waals surface area contributed by atoms with Crippen LogP contribution in [-0.2, 0) is 22.6 Å². The van der Waals surface area contributed by atoms with Crippen molar-refractivity contribution in [3.05, 3.63) is 59.2 Å². The van der Waals surface area contributed by atoms with Gasteiger partial charge in [0.2, 0.25) is 18.6 Å². The van der Waals surface area contributed by atoms with Gasteiger partial charge < -0.3 is 19.7 Å². The topological polar surface area (TPSA) is 67.9 Å². The van der Waals surface area contributed by atoms with Crippen molar-refractivity contribution in [2.75, 3.05) is 6.79 Å². The molecule has 31 heavy (non-hydrogen) atoms. The predicted octanol–water partition coefficient (Wildman–Crippen LogP) is 3.99. The van der Waals surface area contributed by atoms with Crippen molar-refractivity contribution in [1.82, 2.24) is 10.2 Å². The fourth-order valence-electron chi connectivity index (χ4n) is 3.68. The first-order chi connectivity index (χ1) is 14.9. The van der Waals surface area contributed by atoms with E-state index in [1.165, 1.54) is 0 Å². The van der Waals surface area contributed by atoms with Gasteiger partial charge in [-0.3, -0.25) is 9.59 Å². The van der Waals surface area contributed by atoms with Crippen molar-refractivity contribution in [2.45, 2.75) is 65.6 Å². The van der Waals surface area contributed by atoms with Crippen LogP contribution in [0.15, 0.2) is 42.5 Å². The van der Waals surface area contributed by atoms with Gasteiger partial charge in [0, 0.05) is 19.0 Å². The maximum Gasteiger partial charge on any atom is 0.243 e. The van der Waals surface area contributed by atoms with Crippen LogP contribution in [0.3, 0.4) is 0 Å². The van der Waals surface area contributed by atoms with Gasteiger partial charge in [-0.25, -0.2) is 0 Å². The third kappa shape index (κ3) is 6.00. The maximum absolute atomic E-state index is 13.3. The Morgan fingerprint density at radius 1 is 1.03 bits per heavy atom. The van der Waals surface area contributed by atoms with E-state index in [9.17, 15) is 9.59 Å². The second-order valence-corrected chi connectivity index (χ2v) is 8.28. The van der Waals surface area contributed by atoms with E-state index in [2.05, 4.69) is 5.32 Å². The highest BCUT2D eigenvalue weighted by atomic mass is 16.7. The summed E-state index contributed by atoms with van der Waals surface area (Å²) in [4.78, 5) is 27.9. The molecular weight excluding hydrogens is 392 g/mol. The molecule has 1 atom stereocenters. The molecule has 0 aromatic heterocycles. The van der Waals surface area contributed by atoms with Gasteiger partial charge in [0.05, 0.1) is 0 Å². The third-order valence-electron chi connectivity index (χ3n) is 5.35. The third-order valence-corrected chi connectivity index (χ3v) is 5.35. The second kappa shape index (κ2) is 10.3. The van der Waals surface area contributed by atoms with Crippen molar-refractivity contribution >= 4 is 11.8 Å². The minimum absolute atomic E-state index is 0.0199. The SMILES string of the molecule is CC[C@H](C(=O)NC(C)C)N(Cc1ccc(C)cc1)C(=O)CCc1ccc2c(c1)OCO2. The van der Waals surface area contributed by atoms with Crippen LogP contribution in [0.25, 0.3) is 0 Å². The van der Waals surface area contributed by atoms with Crippen LogP contribution in [0, 0.1) is 6.92 Å². The zero-order valence-corrected chi connectivity index (χ0v) is 18.8. The molecule has 1 heterocycles. The second-order valence-electron chi connectivity index (χ2n) is 8.28. The average molecular weight is 425 g/mol. The number of carbonyl (C=O) groups is 2. The molecule has 0 bridgehead atoms. The molecule has 2 aromatic rings. The molecule has 0 spiro atoms. The standard InChI is InChI=1S/C25H32N2O4/c1-5-21(25(29)26-17(2)3)27(15-20-8-6-18(4)7-9-20)24(28)13-11-19-10-12-22-23(14-19)31-16-30-22/h6-10,12,14,17,21H,5,11,13,15-16H2,1-4H3,(H,26,29)/t21-/m1/s1. The Morgan fingerprint density at radius 2 is 1.71 bits per heavy atom. The molecule has 0 saturated heterocycles. The van der Waals surface area contributed by atoms with Gasteiger partial charge in [-0.1, -0.05) is 42.8 Å². The molecule has 0 radical (unpaired) electrons. The summed E-state index contributed by atoms with van der Waals surface area (Å²) < 4.78 is 10.8. The number of carbonyl (C=O) groups excluding carboxylic acids is 2. The Morgan fingerprint density at radius 3 is 2.39 bits per heavy atom. The number of hydrogen-bond acceptors (Lipinski definition) is 4. The molecule has 0 fully saturated rings. The first kappa shape index (κ1) is 22.7. The minimum Gasteiger partial charge on any atom is -0.454 e. The quantitative estimate of drug-likeness (QED) is 0.661. The predicted molar refractivity (Wildman–Crippen MR) is 120 cm³/mol. The fraction of sp³-hybridized carbons (Fsp3) is 0.440. The van der Waals surface area contributed by atoms with Crippen LogP contribution in [0.1, 0.15) is 50.3 Å². The van der Waals surface area contributed by atoms with E-state index in [-0.39, 0.29) is 24.6 Å². The van der Waals surface area contributed by atoms with E-state index in [1.54, 1.807) is 4.90 Å². The molecule has 166 valence electrons. The van der Waals surface area contributed by atoms with E-state index < -0.39 is 6.04 Å². The summed E-state index contributed by atoms with van der Waals surface area (Å²) >= 11 is 0. The lowest BCUT2D eigenvalue weighted by molar-refractivity contribution is -0.141. The molecule has 2 aromatic carbocycles. The van der Waals surface area contributed by atoms with E-state index in [4.69, 9.17) is 9.47 Å². The molecule has 0 aliphatic carbocycles. The lowest BCUT2D eigenvalue weighted by Gasteiger charge is -2.31.